The summed E-state index contributed by atoms with van der Waals surface area (Å²) in [6.07, 6.45) is 7.73. The Bertz CT molecular complexity index is 2540. The Hall–Kier alpha value is -0.240. The number of fused-ring (bicyclic) bond motifs is 2. The van der Waals surface area contributed by atoms with E-state index in [-0.39, 0.29) is 102 Å². The van der Waals surface area contributed by atoms with Crippen LogP contribution in [0.3, 0.4) is 0 Å². The molecule has 4 aromatic rings. The van der Waals surface area contributed by atoms with Gasteiger partial charge in [0.05, 0.1) is 51.4 Å². The van der Waals surface area contributed by atoms with E-state index in [1.165, 1.54) is 33.4 Å². The van der Waals surface area contributed by atoms with Gasteiger partial charge in [-0.1, -0.05) is 148 Å². The van der Waals surface area contributed by atoms with Crippen molar-refractivity contribution < 1.29 is 83.8 Å². The van der Waals surface area contributed by atoms with Crippen LogP contribution in [0.25, 0.3) is 0 Å². The molecular formula is C69H111B4Br4NaO11P. The molecule has 3 N–H and O–H groups in total. The van der Waals surface area contributed by atoms with Crippen LogP contribution in [0.1, 0.15) is 216 Å². The molecule has 11 nitrogen and oxygen atoms in total. The largest absolute Gasteiger partial charge is 1.00 e. The summed E-state index contributed by atoms with van der Waals surface area (Å²) in [6, 6.07) is 32.9. The van der Waals surface area contributed by atoms with E-state index in [4.69, 9.17) is 37.8 Å². The maximum Gasteiger partial charge on any atom is 1.00 e. The summed E-state index contributed by atoms with van der Waals surface area (Å²) in [6.45, 7) is 46.9. The van der Waals surface area contributed by atoms with Gasteiger partial charge in [0, 0.05) is 38.8 Å². The first-order chi connectivity index (χ1) is 40.7. The smallest absolute Gasteiger partial charge is 1.00 e. The molecule has 3 saturated carbocycles. The van der Waals surface area contributed by atoms with Gasteiger partial charge in [-0.15, -0.1) is 0 Å². The predicted molar refractivity (Wildman–Crippen MR) is 393 cm³/mol. The van der Waals surface area contributed by atoms with Crippen LogP contribution in [-0.4, -0.2) is 109 Å². The molecule has 3 aliphatic carbocycles. The van der Waals surface area contributed by atoms with E-state index >= 15 is 0 Å². The first-order valence-electron chi connectivity index (χ1n) is 31.5. The number of aliphatic hydroxyl groups is 3. The predicted octanol–water partition coefficient (Wildman–Crippen LogP) is 15.3. The van der Waals surface area contributed by atoms with Crippen LogP contribution < -0.4 is 29.6 Å². The number of aliphatic hydroxyl groups excluding tert-OH is 1. The molecule has 4 aromatic carbocycles. The number of ether oxygens (including phenoxy) is 1. The van der Waals surface area contributed by atoms with Gasteiger partial charge in [0.15, 0.2) is 0 Å². The molecule has 0 amide bonds. The van der Waals surface area contributed by atoms with E-state index in [0.29, 0.717) is 5.92 Å². The van der Waals surface area contributed by atoms with Gasteiger partial charge in [-0.25, -0.2) is 0 Å². The fraction of sp³-hybridized carbons (Fsp3) is 0.638. The molecule has 10 rings (SSSR count). The molecule has 6 aliphatic rings. The SMILES string of the molecule is BrP(Br)Br.CC1(C)OB(B2OC(C)(C)C(C)(C)O2)OC1(C)C.CC1(C)[C@H]2C[C@@H]1[C@](C)(O)[C@](C)(O)C2.CCOCC.CCc1cccc(C=O)c1.CCc1cccc(CB2OC(C)(C)C(C)(C)O2)c1.CCc1cccc(CBr)c1.CCc1cccc(CO)c1.[B].[H-].[Na+]. The Kier molecular flexibility index (Phi) is 39.9. The number of aldehydes is 1. The van der Waals surface area contributed by atoms with Crippen molar-refractivity contribution in [3.8, 4) is 0 Å². The topological polar surface area (TPSA) is 142 Å². The molecule has 0 aromatic heterocycles. The van der Waals surface area contributed by atoms with Crippen LogP contribution in [0.5, 0.6) is 0 Å². The second kappa shape index (κ2) is 40.0. The molecule has 0 spiro atoms. The van der Waals surface area contributed by atoms with Gasteiger partial charge < -0.3 is 49.4 Å². The van der Waals surface area contributed by atoms with Gasteiger partial charge in [-0.3, -0.25) is 4.79 Å². The van der Waals surface area contributed by atoms with Gasteiger partial charge in [0.2, 0.25) is 0 Å². The number of rotatable bonds is 12. The molecule has 90 heavy (non-hydrogen) atoms. The second-order valence-corrected chi connectivity index (χ2v) is 43.0. The molecule has 3 saturated heterocycles. The summed E-state index contributed by atoms with van der Waals surface area (Å²) in [7, 11) is -1.09. The Balaban J connectivity index is 0. The Morgan fingerprint density at radius 2 is 0.867 bits per heavy atom. The molecule has 3 radical (unpaired) electrons. The van der Waals surface area contributed by atoms with E-state index in [2.05, 4.69) is 186 Å². The number of hydrogen-bond acceptors (Lipinski definition) is 11. The van der Waals surface area contributed by atoms with E-state index < -0.39 is 25.2 Å². The zero-order valence-electron chi connectivity index (χ0n) is 60.1. The minimum absolute atomic E-state index is 0. The first kappa shape index (κ1) is 89.8. The van der Waals surface area contributed by atoms with Crippen molar-refractivity contribution >= 4 is 102 Å². The van der Waals surface area contributed by atoms with Crippen LogP contribution in [0, 0.1) is 17.3 Å². The standard InChI is InChI=1S/C15H23BO2.C12H24B2O4.C11H20O2.C9H11Br.C9H12O.C9H10O.C4H10O.B.Br3P.Na.H/c1-6-12-8-7-9-13(10-12)11-16-17-14(2,3)15(4,5)18-16;1-9(2)10(3,4)16-13(15-9)14-17-11(5,6)12(7,8)18-14;1-9(2)7-5-8(9)11(4,13)10(3,12)6-7;3*1-2-8-4-3-5-9(6-8)7-10;1-3-5-4-2;;1-4(2)3;;/h7-10H,6,11H2,1-5H3;1-8H3;7-8,12-13H,5-6H2,1-4H3;3-6H,2,7H2,1H3;3-6,10H,2,7H2,1H3;3-7H,2H2,1H3;3-4H2,1-2H3;;;;/q;;;;;;;;;+1;-1/t;;7-,8-,10+,11-;;;;;;;;/m..0......../s1. The van der Waals surface area contributed by atoms with Crippen molar-refractivity contribution in [2.75, 3.05) is 13.2 Å². The number of carbonyl (C=O) groups excluding carboxylic acids is 1. The minimum Gasteiger partial charge on any atom is -1.00 e. The zero-order chi connectivity index (χ0) is 67.3. The molecule has 0 unspecified atom stereocenters. The second-order valence-electron chi connectivity index (χ2n) is 27.1. The minimum atomic E-state index is -0.911. The summed E-state index contributed by atoms with van der Waals surface area (Å²) >= 11 is 12.9. The average molecular weight is 1530 g/mol. The summed E-state index contributed by atoms with van der Waals surface area (Å²) in [5, 5.41) is 30.1. The fourth-order valence-corrected chi connectivity index (χ4v) is 10.9. The number of hydrogen-bond donors (Lipinski definition) is 3. The Labute approximate surface area is 606 Å². The third-order valence-electron chi connectivity index (χ3n) is 18.8. The molecule has 3 aliphatic heterocycles. The zero-order valence-corrected chi connectivity index (χ0v) is 68.4. The van der Waals surface area contributed by atoms with Crippen molar-refractivity contribution in [1.82, 2.24) is 0 Å². The average Bonchev–Trinajstić information content (AvgIpc) is 0.893. The quantitative estimate of drug-likeness (QED) is 0.0540. The van der Waals surface area contributed by atoms with Crippen LogP contribution in [0.15, 0.2) is 97.1 Å². The van der Waals surface area contributed by atoms with E-state index in [1.807, 2.05) is 112 Å². The summed E-state index contributed by atoms with van der Waals surface area (Å²) in [4.78, 5) is 10.3. The normalized spacial score (nSPS) is 23.2. The maximum absolute atomic E-state index is 10.3. The van der Waals surface area contributed by atoms with E-state index in [1.54, 1.807) is 13.8 Å². The molecular weight excluding hydrogens is 1420 g/mol. The molecule has 499 valence electrons. The fourth-order valence-electron chi connectivity index (χ4n) is 10.6. The summed E-state index contributed by atoms with van der Waals surface area (Å²) in [5.41, 5.74) is 6.18. The third kappa shape index (κ3) is 26.9. The Morgan fingerprint density at radius 3 is 1.18 bits per heavy atom. The van der Waals surface area contributed by atoms with Crippen molar-refractivity contribution in [2.24, 2.45) is 17.3 Å². The van der Waals surface area contributed by atoms with Crippen molar-refractivity contribution in [2.45, 2.75) is 254 Å². The van der Waals surface area contributed by atoms with Crippen molar-refractivity contribution in [3.05, 3.63) is 142 Å². The van der Waals surface area contributed by atoms with Crippen LogP contribution in [0.4, 0.5) is 0 Å². The van der Waals surface area contributed by atoms with Gasteiger partial charge >= 0.3 is 50.7 Å². The number of alkyl halides is 1. The molecule has 4 atom stereocenters. The monoisotopic (exact) mass is 1530 g/mol. The number of aryl methyl sites for hydroxylation is 4. The summed E-state index contributed by atoms with van der Waals surface area (Å²) < 4.78 is 40.5. The Morgan fingerprint density at radius 1 is 0.544 bits per heavy atom. The third-order valence-corrected chi connectivity index (χ3v) is 19.4. The van der Waals surface area contributed by atoms with Gasteiger partial charge in [-0.05, 0) is 258 Å². The van der Waals surface area contributed by atoms with Gasteiger partial charge in [-0.2, -0.15) is 0 Å². The summed E-state index contributed by atoms with van der Waals surface area (Å²) in [5.74, 6) is 0.849. The van der Waals surface area contributed by atoms with Crippen molar-refractivity contribution in [1.29, 1.82) is 0 Å². The molecule has 6 fully saturated rings. The van der Waals surface area contributed by atoms with Gasteiger partial charge in [0.25, 0.3) is 0 Å². The maximum atomic E-state index is 10.3. The van der Waals surface area contributed by atoms with Crippen LogP contribution in [-0.2, 0) is 76.6 Å². The number of carbonyl (C=O) groups is 1. The van der Waals surface area contributed by atoms with E-state index in [0.717, 1.165) is 80.8 Å². The van der Waals surface area contributed by atoms with Crippen LogP contribution >= 0.6 is 66.4 Å². The van der Waals surface area contributed by atoms with Crippen LogP contribution in [0.2, 0.25) is 0 Å². The molecule has 3 heterocycles. The van der Waals surface area contributed by atoms with Gasteiger partial charge in [0.1, 0.15) is 10.3 Å². The van der Waals surface area contributed by atoms with E-state index in [9.17, 15) is 15.0 Å². The number of benzene rings is 4. The number of halogens is 4. The molecule has 21 heteroatoms. The first-order valence-corrected chi connectivity index (χ1v) is 40.0. The van der Waals surface area contributed by atoms with Crippen molar-refractivity contribution in [3.63, 3.8) is 0 Å². The molecule has 2 bridgehead atoms.